The van der Waals surface area contributed by atoms with Crippen LogP contribution in [-0.2, 0) is 11.2 Å². The smallest absolute Gasteiger partial charge is 0.227 e. The predicted octanol–water partition coefficient (Wildman–Crippen LogP) is 3.30. The SMILES string of the molecule is COc1ccc(N(C)C(=O)CCc2nc3ccccc3s2)cn1. The number of carbonyl (C=O) groups excluding carboxylic acids is 1. The first-order valence-corrected chi connectivity index (χ1v) is 8.10. The fraction of sp³-hybridized carbons (Fsp3) is 0.235. The topological polar surface area (TPSA) is 55.3 Å². The zero-order valence-electron chi connectivity index (χ0n) is 13.0. The van der Waals surface area contributed by atoms with Gasteiger partial charge in [-0.2, -0.15) is 0 Å². The third kappa shape index (κ3) is 3.48. The number of benzene rings is 1. The van der Waals surface area contributed by atoms with Gasteiger partial charge in [-0.05, 0) is 18.2 Å². The van der Waals surface area contributed by atoms with E-state index in [1.807, 2.05) is 30.3 Å². The summed E-state index contributed by atoms with van der Waals surface area (Å²) < 4.78 is 6.18. The van der Waals surface area contributed by atoms with E-state index >= 15 is 0 Å². The molecular formula is C17H17N3O2S. The number of aryl methyl sites for hydroxylation is 1. The summed E-state index contributed by atoms with van der Waals surface area (Å²) in [6.07, 6.45) is 2.70. The molecule has 6 heteroatoms. The molecule has 0 aliphatic heterocycles. The van der Waals surface area contributed by atoms with Gasteiger partial charge in [0.1, 0.15) is 0 Å². The van der Waals surface area contributed by atoms with Crippen molar-refractivity contribution in [2.24, 2.45) is 0 Å². The lowest BCUT2D eigenvalue weighted by atomic mass is 10.2. The van der Waals surface area contributed by atoms with Crippen molar-refractivity contribution in [2.75, 3.05) is 19.1 Å². The Morgan fingerprint density at radius 3 is 2.78 bits per heavy atom. The highest BCUT2D eigenvalue weighted by molar-refractivity contribution is 7.18. The van der Waals surface area contributed by atoms with Crippen LogP contribution in [0.15, 0.2) is 42.6 Å². The lowest BCUT2D eigenvalue weighted by Gasteiger charge is -2.16. The van der Waals surface area contributed by atoms with Crippen molar-refractivity contribution in [2.45, 2.75) is 12.8 Å². The van der Waals surface area contributed by atoms with E-state index in [4.69, 9.17) is 4.74 Å². The highest BCUT2D eigenvalue weighted by Gasteiger charge is 2.13. The summed E-state index contributed by atoms with van der Waals surface area (Å²) in [6, 6.07) is 11.6. The van der Waals surface area contributed by atoms with Crippen LogP contribution in [0.3, 0.4) is 0 Å². The molecule has 118 valence electrons. The van der Waals surface area contributed by atoms with E-state index in [-0.39, 0.29) is 5.91 Å². The normalized spacial score (nSPS) is 10.7. The van der Waals surface area contributed by atoms with E-state index in [0.717, 1.165) is 20.9 Å². The lowest BCUT2D eigenvalue weighted by molar-refractivity contribution is -0.118. The van der Waals surface area contributed by atoms with Gasteiger partial charge in [-0.3, -0.25) is 4.79 Å². The maximum atomic E-state index is 12.3. The maximum Gasteiger partial charge on any atom is 0.227 e. The van der Waals surface area contributed by atoms with Gasteiger partial charge in [0.2, 0.25) is 11.8 Å². The zero-order valence-corrected chi connectivity index (χ0v) is 13.8. The molecule has 0 saturated carbocycles. The molecule has 0 saturated heterocycles. The van der Waals surface area contributed by atoms with E-state index < -0.39 is 0 Å². The van der Waals surface area contributed by atoms with E-state index in [1.165, 1.54) is 0 Å². The Hall–Kier alpha value is -2.47. The fourth-order valence-corrected chi connectivity index (χ4v) is 3.21. The second-order valence-electron chi connectivity index (χ2n) is 5.09. The number of anilines is 1. The Morgan fingerprint density at radius 1 is 1.26 bits per heavy atom. The molecule has 0 N–H and O–H groups in total. The van der Waals surface area contributed by atoms with E-state index in [1.54, 1.807) is 42.7 Å². The first kappa shape index (κ1) is 15.4. The van der Waals surface area contributed by atoms with E-state index in [0.29, 0.717) is 18.7 Å². The summed E-state index contributed by atoms with van der Waals surface area (Å²) in [7, 11) is 3.32. The van der Waals surface area contributed by atoms with Gasteiger partial charge >= 0.3 is 0 Å². The molecular weight excluding hydrogens is 310 g/mol. The van der Waals surface area contributed by atoms with Crippen molar-refractivity contribution in [3.63, 3.8) is 0 Å². The number of carbonyl (C=O) groups is 1. The van der Waals surface area contributed by atoms with Gasteiger partial charge in [-0.1, -0.05) is 12.1 Å². The molecule has 0 atom stereocenters. The minimum Gasteiger partial charge on any atom is -0.481 e. The Labute approximate surface area is 138 Å². The average molecular weight is 327 g/mol. The molecule has 0 spiro atoms. The van der Waals surface area contributed by atoms with Crippen molar-refractivity contribution in [1.29, 1.82) is 0 Å². The van der Waals surface area contributed by atoms with Crippen LogP contribution >= 0.6 is 11.3 Å². The number of rotatable bonds is 5. The number of nitrogens with zero attached hydrogens (tertiary/aromatic N) is 3. The van der Waals surface area contributed by atoms with E-state index in [9.17, 15) is 4.79 Å². The van der Waals surface area contributed by atoms with Crippen molar-refractivity contribution in [3.8, 4) is 5.88 Å². The molecule has 0 aliphatic carbocycles. The number of hydrogen-bond donors (Lipinski definition) is 0. The number of pyridine rings is 1. The fourth-order valence-electron chi connectivity index (χ4n) is 2.24. The molecule has 23 heavy (non-hydrogen) atoms. The van der Waals surface area contributed by atoms with Gasteiger partial charge < -0.3 is 9.64 Å². The molecule has 2 heterocycles. The molecule has 1 amide bonds. The van der Waals surface area contributed by atoms with Crippen molar-refractivity contribution in [1.82, 2.24) is 9.97 Å². The summed E-state index contributed by atoms with van der Waals surface area (Å²) in [5.41, 5.74) is 1.74. The summed E-state index contributed by atoms with van der Waals surface area (Å²) in [6.45, 7) is 0. The lowest BCUT2D eigenvalue weighted by Crippen LogP contribution is -2.26. The van der Waals surface area contributed by atoms with Crippen LogP contribution in [0, 0.1) is 0 Å². The number of aromatic nitrogens is 2. The molecule has 0 bridgehead atoms. The minimum absolute atomic E-state index is 0.0382. The summed E-state index contributed by atoms with van der Waals surface area (Å²) in [5, 5.41) is 0.987. The molecule has 0 radical (unpaired) electrons. The molecule has 3 aromatic rings. The number of hydrogen-bond acceptors (Lipinski definition) is 5. The Kier molecular flexibility index (Phi) is 4.52. The average Bonchev–Trinajstić information content (AvgIpc) is 3.02. The van der Waals surface area contributed by atoms with Crippen LogP contribution in [0.4, 0.5) is 5.69 Å². The van der Waals surface area contributed by atoms with Gasteiger partial charge in [0.05, 0.1) is 34.2 Å². The highest BCUT2D eigenvalue weighted by Crippen LogP contribution is 2.23. The Bertz CT molecular complexity index is 781. The van der Waals surface area contributed by atoms with Gasteiger partial charge in [0.25, 0.3) is 0 Å². The van der Waals surface area contributed by atoms with Gasteiger partial charge in [0, 0.05) is 26.0 Å². The molecule has 1 aromatic carbocycles. The van der Waals surface area contributed by atoms with Crippen LogP contribution in [-0.4, -0.2) is 30.0 Å². The maximum absolute atomic E-state index is 12.3. The number of ether oxygens (including phenoxy) is 1. The number of thiazole rings is 1. The van der Waals surface area contributed by atoms with Crippen molar-refractivity contribution in [3.05, 3.63) is 47.6 Å². The first-order valence-electron chi connectivity index (χ1n) is 7.28. The standard InChI is InChI=1S/C17H17N3O2S/c1-20(12-7-8-15(22-2)18-11-12)17(21)10-9-16-19-13-5-3-4-6-14(13)23-16/h3-8,11H,9-10H2,1-2H3. The molecule has 2 aromatic heterocycles. The van der Waals surface area contributed by atoms with Crippen molar-refractivity contribution < 1.29 is 9.53 Å². The number of methoxy groups -OCH3 is 1. The van der Waals surface area contributed by atoms with Gasteiger partial charge in [0.15, 0.2) is 0 Å². The first-order chi connectivity index (χ1) is 11.2. The third-order valence-electron chi connectivity index (χ3n) is 3.58. The van der Waals surface area contributed by atoms with Crippen LogP contribution in [0.5, 0.6) is 5.88 Å². The summed E-state index contributed by atoms with van der Waals surface area (Å²) in [5.74, 6) is 0.570. The second kappa shape index (κ2) is 6.75. The largest absolute Gasteiger partial charge is 0.481 e. The molecule has 0 unspecified atom stereocenters. The number of para-hydroxylation sites is 1. The monoisotopic (exact) mass is 327 g/mol. The minimum atomic E-state index is 0.0382. The van der Waals surface area contributed by atoms with Crippen LogP contribution in [0.25, 0.3) is 10.2 Å². The quantitative estimate of drug-likeness (QED) is 0.721. The Morgan fingerprint density at radius 2 is 2.09 bits per heavy atom. The van der Waals surface area contributed by atoms with Gasteiger partial charge in [-0.25, -0.2) is 9.97 Å². The highest BCUT2D eigenvalue weighted by atomic mass is 32.1. The summed E-state index contributed by atoms with van der Waals surface area (Å²) >= 11 is 1.64. The van der Waals surface area contributed by atoms with Crippen LogP contribution in [0.1, 0.15) is 11.4 Å². The molecule has 3 rings (SSSR count). The second-order valence-corrected chi connectivity index (χ2v) is 6.20. The van der Waals surface area contributed by atoms with Gasteiger partial charge in [-0.15, -0.1) is 11.3 Å². The third-order valence-corrected chi connectivity index (χ3v) is 4.68. The predicted molar refractivity (Wildman–Crippen MR) is 92.1 cm³/mol. The van der Waals surface area contributed by atoms with Crippen LogP contribution in [0.2, 0.25) is 0 Å². The molecule has 5 nitrogen and oxygen atoms in total. The van der Waals surface area contributed by atoms with Crippen LogP contribution < -0.4 is 9.64 Å². The molecule has 0 fully saturated rings. The zero-order chi connectivity index (χ0) is 16.2. The Balaban J connectivity index is 1.63. The number of amides is 1. The number of fused-ring (bicyclic) bond motifs is 1. The van der Waals surface area contributed by atoms with E-state index in [2.05, 4.69) is 9.97 Å². The molecule has 0 aliphatic rings. The van der Waals surface area contributed by atoms with Crippen molar-refractivity contribution >= 4 is 33.1 Å². The summed E-state index contributed by atoms with van der Waals surface area (Å²) in [4.78, 5) is 22.6.